The molecule has 0 bridgehead atoms. The molecule has 0 spiro atoms. The van der Waals surface area contributed by atoms with E-state index in [0.29, 0.717) is 30.4 Å². The Kier molecular flexibility index (Phi) is 6.97. The zero-order valence-corrected chi connectivity index (χ0v) is 17.8. The summed E-state index contributed by atoms with van der Waals surface area (Å²) >= 11 is 0. The number of carbonyl (C=O) groups excluding carboxylic acids is 1. The minimum atomic E-state index is -4.87. The molecule has 178 valence electrons. The maximum atomic E-state index is 12.5. The lowest BCUT2D eigenvalue weighted by atomic mass is 10.2. The van der Waals surface area contributed by atoms with Gasteiger partial charge in [-0.15, -0.1) is 18.3 Å². The van der Waals surface area contributed by atoms with Crippen molar-refractivity contribution in [2.24, 2.45) is 0 Å². The van der Waals surface area contributed by atoms with Crippen LogP contribution < -0.4 is 25.6 Å². The monoisotopic (exact) mass is 474 g/mol. The number of alkyl halides is 3. The quantitative estimate of drug-likeness (QED) is 0.480. The summed E-state index contributed by atoms with van der Waals surface area (Å²) in [6.45, 7) is 2.88. The van der Waals surface area contributed by atoms with E-state index in [1.54, 1.807) is 30.5 Å². The predicted octanol–water partition coefficient (Wildman–Crippen LogP) is 4.60. The molecule has 1 saturated heterocycles. The zero-order chi connectivity index (χ0) is 24.0. The average molecular weight is 474 g/mol. The van der Waals surface area contributed by atoms with Gasteiger partial charge in [-0.05, 0) is 36.4 Å². The van der Waals surface area contributed by atoms with Gasteiger partial charge in [-0.1, -0.05) is 12.1 Å². The Bertz CT molecular complexity index is 1120. The van der Waals surface area contributed by atoms with E-state index in [0.717, 1.165) is 24.8 Å². The molecule has 0 atom stereocenters. The highest BCUT2D eigenvalue weighted by Gasteiger charge is 2.32. The third-order valence-electron chi connectivity index (χ3n) is 4.79. The Morgan fingerprint density at radius 2 is 1.71 bits per heavy atom. The van der Waals surface area contributed by atoms with Gasteiger partial charge < -0.3 is 30.3 Å². The summed E-state index contributed by atoms with van der Waals surface area (Å²) in [5.74, 6) is 0.0498. The number of amides is 2. The summed E-state index contributed by atoms with van der Waals surface area (Å²) in [4.78, 5) is 14.4. The van der Waals surface area contributed by atoms with Crippen LogP contribution in [-0.4, -0.2) is 48.9 Å². The van der Waals surface area contributed by atoms with Gasteiger partial charge in [0.1, 0.15) is 0 Å². The number of para-hydroxylation sites is 2. The van der Waals surface area contributed by atoms with Gasteiger partial charge in [0.2, 0.25) is 0 Å². The van der Waals surface area contributed by atoms with Gasteiger partial charge in [0.05, 0.1) is 30.8 Å². The fourth-order valence-electron chi connectivity index (χ4n) is 3.27. The molecule has 0 aliphatic carbocycles. The topological polar surface area (TPSA) is 101 Å². The molecule has 2 amide bonds. The third-order valence-corrected chi connectivity index (χ3v) is 4.79. The number of rotatable bonds is 6. The van der Waals surface area contributed by atoms with Gasteiger partial charge in [0.15, 0.2) is 11.6 Å². The molecule has 3 N–H and O–H groups in total. The van der Waals surface area contributed by atoms with Crippen LogP contribution in [-0.2, 0) is 4.74 Å². The molecule has 34 heavy (non-hydrogen) atoms. The molecule has 1 aliphatic rings. The predicted molar refractivity (Wildman–Crippen MR) is 121 cm³/mol. The number of morpholine rings is 1. The van der Waals surface area contributed by atoms with Crippen molar-refractivity contribution < 1.29 is 27.4 Å². The number of anilines is 5. The Morgan fingerprint density at radius 1 is 1.00 bits per heavy atom. The van der Waals surface area contributed by atoms with Crippen molar-refractivity contribution in [2.75, 3.05) is 47.2 Å². The minimum absolute atomic E-state index is 0.116. The third kappa shape index (κ3) is 6.48. The van der Waals surface area contributed by atoms with Crippen molar-refractivity contribution in [1.82, 2.24) is 10.2 Å². The van der Waals surface area contributed by atoms with E-state index in [2.05, 4.69) is 35.8 Å². The highest BCUT2D eigenvalue weighted by Crippen LogP contribution is 2.30. The van der Waals surface area contributed by atoms with E-state index in [1.807, 2.05) is 6.07 Å². The summed E-state index contributed by atoms with van der Waals surface area (Å²) < 4.78 is 46.9. The molecule has 0 radical (unpaired) electrons. The SMILES string of the molecule is O=C(Nc1ccc(Nc2cc(N3CCOCC3)cnn2)cc1)Nc1ccccc1OC(F)(F)F. The Labute approximate surface area is 192 Å². The van der Waals surface area contributed by atoms with Crippen LogP contribution in [0.2, 0.25) is 0 Å². The number of nitrogens with one attached hydrogen (secondary N) is 3. The Morgan fingerprint density at radius 3 is 2.44 bits per heavy atom. The van der Waals surface area contributed by atoms with Crippen LogP contribution >= 0.6 is 0 Å². The normalized spacial score (nSPS) is 13.8. The zero-order valence-electron chi connectivity index (χ0n) is 17.8. The highest BCUT2D eigenvalue weighted by atomic mass is 19.4. The number of urea groups is 1. The van der Waals surface area contributed by atoms with Crippen molar-refractivity contribution in [3.8, 4) is 5.75 Å². The molecule has 3 aromatic rings. The first-order valence-electron chi connectivity index (χ1n) is 10.3. The van der Waals surface area contributed by atoms with Crippen LogP contribution in [0.5, 0.6) is 5.75 Å². The largest absolute Gasteiger partial charge is 0.573 e. The summed E-state index contributed by atoms with van der Waals surface area (Å²) in [6.07, 6.45) is -3.18. The molecule has 1 fully saturated rings. The van der Waals surface area contributed by atoms with Crippen molar-refractivity contribution in [3.05, 3.63) is 60.8 Å². The number of benzene rings is 2. The Balaban J connectivity index is 1.35. The fourth-order valence-corrected chi connectivity index (χ4v) is 3.27. The molecule has 1 aromatic heterocycles. The number of carbonyl (C=O) groups is 1. The number of hydrogen-bond donors (Lipinski definition) is 3. The lowest BCUT2D eigenvalue weighted by molar-refractivity contribution is -0.274. The number of aromatic nitrogens is 2. The highest BCUT2D eigenvalue weighted by molar-refractivity contribution is 6.00. The van der Waals surface area contributed by atoms with Gasteiger partial charge in [-0.3, -0.25) is 0 Å². The first-order chi connectivity index (χ1) is 16.4. The first-order valence-corrected chi connectivity index (χ1v) is 10.3. The van der Waals surface area contributed by atoms with Crippen LogP contribution in [0.15, 0.2) is 60.8 Å². The molecule has 2 aromatic carbocycles. The molecule has 0 saturated carbocycles. The van der Waals surface area contributed by atoms with Gasteiger partial charge in [0.25, 0.3) is 0 Å². The maximum absolute atomic E-state index is 12.5. The van der Waals surface area contributed by atoms with Gasteiger partial charge in [0, 0.05) is 30.5 Å². The first kappa shape index (κ1) is 23.1. The van der Waals surface area contributed by atoms with E-state index in [4.69, 9.17) is 4.74 Å². The molecule has 9 nitrogen and oxygen atoms in total. The molecular formula is C22H21F3N6O3. The van der Waals surface area contributed by atoms with Crippen molar-refractivity contribution >= 4 is 34.6 Å². The van der Waals surface area contributed by atoms with Crippen LogP contribution in [0.25, 0.3) is 0 Å². The van der Waals surface area contributed by atoms with Crippen molar-refractivity contribution in [1.29, 1.82) is 0 Å². The summed E-state index contributed by atoms with van der Waals surface area (Å²) in [5.41, 5.74) is 1.97. The average Bonchev–Trinajstić information content (AvgIpc) is 2.81. The Hall–Kier alpha value is -4.06. The summed E-state index contributed by atoms with van der Waals surface area (Å²) in [7, 11) is 0. The van der Waals surface area contributed by atoms with Crippen LogP contribution in [0.1, 0.15) is 0 Å². The lowest BCUT2D eigenvalue weighted by Crippen LogP contribution is -2.36. The van der Waals surface area contributed by atoms with Crippen molar-refractivity contribution in [3.63, 3.8) is 0 Å². The molecule has 4 rings (SSSR count). The number of hydrogen-bond acceptors (Lipinski definition) is 7. The number of nitrogens with zero attached hydrogens (tertiary/aromatic N) is 3. The molecule has 1 aliphatic heterocycles. The molecule has 2 heterocycles. The molecule has 12 heteroatoms. The van der Waals surface area contributed by atoms with Gasteiger partial charge in [-0.25, -0.2) is 4.79 Å². The lowest BCUT2D eigenvalue weighted by Gasteiger charge is -2.28. The second-order valence-corrected chi connectivity index (χ2v) is 7.22. The van der Waals surface area contributed by atoms with Crippen LogP contribution in [0.3, 0.4) is 0 Å². The van der Waals surface area contributed by atoms with Crippen molar-refractivity contribution in [2.45, 2.75) is 6.36 Å². The number of ether oxygens (including phenoxy) is 2. The molecule has 0 unspecified atom stereocenters. The molecular weight excluding hydrogens is 453 g/mol. The minimum Gasteiger partial charge on any atom is -0.404 e. The second-order valence-electron chi connectivity index (χ2n) is 7.22. The van der Waals surface area contributed by atoms with E-state index >= 15 is 0 Å². The van der Waals surface area contributed by atoms with E-state index < -0.39 is 18.1 Å². The van der Waals surface area contributed by atoms with Gasteiger partial charge >= 0.3 is 12.4 Å². The summed E-state index contributed by atoms with van der Waals surface area (Å²) in [5, 5.41) is 16.2. The summed E-state index contributed by atoms with van der Waals surface area (Å²) in [6, 6.07) is 13.2. The van der Waals surface area contributed by atoms with E-state index in [9.17, 15) is 18.0 Å². The smallest absolute Gasteiger partial charge is 0.404 e. The number of halogens is 3. The fraction of sp³-hybridized carbons (Fsp3) is 0.227. The van der Waals surface area contributed by atoms with Crippen LogP contribution in [0, 0.1) is 0 Å². The standard InChI is InChI=1S/C22H21F3N6O3/c23-22(24,25)34-19-4-2-1-3-18(19)29-21(32)28-16-7-5-15(6-8-16)27-20-13-17(14-26-30-20)31-9-11-33-12-10-31/h1-8,13-14H,9-12H2,(H,27,30)(H2,28,29,32). The van der Waals surface area contributed by atoms with E-state index in [1.165, 1.54) is 18.2 Å². The van der Waals surface area contributed by atoms with E-state index in [-0.39, 0.29) is 5.69 Å². The second kappa shape index (κ2) is 10.3. The van der Waals surface area contributed by atoms with Crippen LogP contribution in [0.4, 0.5) is 46.5 Å². The van der Waals surface area contributed by atoms with Gasteiger partial charge in [-0.2, -0.15) is 5.10 Å². The maximum Gasteiger partial charge on any atom is 0.573 e.